The lowest BCUT2D eigenvalue weighted by Gasteiger charge is -2.13. The number of aliphatic hydroxyl groups is 1. The van der Waals surface area contributed by atoms with Gasteiger partial charge in [0, 0.05) is 7.11 Å². The molecule has 1 aromatic rings. The molecule has 0 aliphatic rings. The van der Waals surface area contributed by atoms with Crippen LogP contribution >= 0.6 is 0 Å². The topological polar surface area (TPSA) is 38.7 Å². The Balaban J connectivity index is 2.60. The molecule has 0 bridgehead atoms. The highest BCUT2D eigenvalue weighted by Crippen LogP contribution is 2.31. The molecule has 1 unspecified atom stereocenters. The Bertz CT molecular complexity index is 352. The van der Waals surface area contributed by atoms with E-state index in [1.54, 1.807) is 0 Å². The molecule has 96 valence electrons. The van der Waals surface area contributed by atoms with Gasteiger partial charge in [-0.3, -0.25) is 0 Å². The first-order valence-corrected chi connectivity index (χ1v) is 4.90. The summed E-state index contributed by atoms with van der Waals surface area (Å²) in [6, 6.07) is 4.49. The zero-order chi connectivity index (χ0) is 12.9. The lowest BCUT2D eigenvalue weighted by atomic mass is 10.2. The number of hydrogen-bond donors (Lipinski definition) is 1. The number of ether oxygens (including phenoxy) is 2. The molecule has 1 aromatic carbocycles. The third kappa shape index (κ3) is 4.62. The normalized spacial score (nSPS) is 13.5. The second kappa shape index (κ2) is 5.88. The molecule has 3 nitrogen and oxygen atoms in total. The second-order valence-corrected chi connectivity index (χ2v) is 3.45. The summed E-state index contributed by atoms with van der Waals surface area (Å²) in [7, 11) is 1.41. The largest absolute Gasteiger partial charge is 0.491 e. The molecular formula is C11H13F3O3. The molecule has 0 saturated carbocycles. The fourth-order valence-corrected chi connectivity index (χ4v) is 1.20. The average Bonchev–Trinajstić information content (AvgIpc) is 2.26. The monoisotopic (exact) mass is 250 g/mol. The lowest BCUT2D eigenvalue weighted by Crippen LogP contribution is -2.22. The van der Waals surface area contributed by atoms with Gasteiger partial charge in [-0.15, -0.1) is 0 Å². The van der Waals surface area contributed by atoms with Crippen LogP contribution in [0.25, 0.3) is 0 Å². The number of alkyl halides is 3. The van der Waals surface area contributed by atoms with Gasteiger partial charge >= 0.3 is 6.18 Å². The van der Waals surface area contributed by atoms with Crippen LogP contribution in [0.2, 0.25) is 0 Å². The lowest BCUT2D eigenvalue weighted by molar-refractivity contribution is -0.137. The molecule has 1 atom stereocenters. The van der Waals surface area contributed by atoms with Crippen molar-refractivity contribution >= 4 is 0 Å². The van der Waals surface area contributed by atoms with E-state index in [0.717, 1.165) is 12.1 Å². The minimum atomic E-state index is -4.40. The van der Waals surface area contributed by atoms with Gasteiger partial charge in [0.1, 0.15) is 18.5 Å². The molecule has 1 rings (SSSR count). The highest BCUT2D eigenvalue weighted by atomic mass is 19.4. The molecule has 0 spiro atoms. The molecule has 0 heterocycles. The van der Waals surface area contributed by atoms with E-state index in [0.29, 0.717) is 0 Å². The first kappa shape index (κ1) is 13.8. The zero-order valence-electron chi connectivity index (χ0n) is 9.20. The van der Waals surface area contributed by atoms with Crippen molar-refractivity contribution in [3.63, 3.8) is 0 Å². The van der Waals surface area contributed by atoms with Crippen molar-refractivity contribution in [1.82, 2.24) is 0 Å². The Kier molecular flexibility index (Phi) is 4.77. The zero-order valence-corrected chi connectivity index (χ0v) is 9.20. The van der Waals surface area contributed by atoms with Crippen molar-refractivity contribution in [2.75, 3.05) is 20.3 Å². The fraction of sp³-hybridized carbons (Fsp3) is 0.455. The van der Waals surface area contributed by atoms with Gasteiger partial charge in [-0.25, -0.2) is 0 Å². The van der Waals surface area contributed by atoms with Gasteiger partial charge in [0.05, 0.1) is 12.2 Å². The molecule has 0 aliphatic heterocycles. The molecule has 0 aliphatic carbocycles. The van der Waals surface area contributed by atoms with Crippen LogP contribution in [0.1, 0.15) is 5.56 Å². The first-order chi connectivity index (χ1) is 7.93. The highest BCUT2D eigenvalue weighted by molar-refractivity contribution is 5.30. The smallest absolute Gasteiger partial charge is 0.416 e. The molecule has 17 heavy (non-hydrogen) atoms. The van der Waals surface area contributed by atoms with Crippen molar-refractivity contribution in [2.24, 2.45) is 0 Å². The molecule has 0 saturated heterocycles. The Morgan fingerprint density at radius 2 is 2.00 bits per heavy atom. The van der Waals surface area contributed by atoms with E-state index < -0.39 is 17.8 Å². The molecule has 0 radical (unpaired) electrons. The quantitative estimate of drug-likeness (QED) is 0.869. The number of aliphatic hydroxyl groups excluding tert-OH is 1. The Morgan fingerprint density at radius 1 is 1.29 bits per heavy atom. The molecule has 1 N–H and O–H groups in total. The van der Waals surface area contributed by atoms with E-state index in [9.17, 15) is 18.3 Å². The van der Waals surface area contributed by atoms with Crippen molar-refractivity contribution in [2.45, 2.75) is 12.3 Å². The Morgan fingerprint density at radius 3 is 2.59 bits per heavy atom. The van der Waals surface area contributed by atoms with Crippen molar-refractivity contribution < 1.29 is 27.8 Å². The molecule has 6 heteroatoms. The van der Waals surface area contributed by atoms with Crippen LogP contribution in [0, 0.1) is 0 Å². The maximum absolute atomic E-state index is 12.4. The summed E-state index contributed by atoms with van der Waals surface area (Å²) < 4.78 is 46.8. The van der Waals surface area contributed by atoms with E-state index in [-0.39, 0.29) is 19.0 Å². The predicted octanol–water partition coefficient (Wildman–Crippen LogP) is 2.09. The van der Waals surface area contributed by atoms with Crippen LogP contribution in [0.15, 0.2) is 24.3 Å². The summed E-state index contributed by atoms with van der Waals surface area (Å²) in [5.41, 5.74) is -0.781. The van der Waals surface area contributed by atoms with Gasteiger partial charge < -0.3 is 14.6 Å². The van der Waals surface area contributed by atoms with E-state index in [1.165, 1.54) is 19.2 Å². The summed E-state index contributed by atoms with van der Waals surface area (Å²) >= 11 is 0. The number of benzene rings is 1. The van der Waals surface area contributed by atoms with Crippen LogP contribution < -0.4 is 4.74 Å². The second-order valence-electron chi connectivity index (χ2n) is 3.45. The van der Waals surface area contributed by atoms with Crippen molar-refractivity contribution in [3.8, 4) is 5.75 Å². The van der Waals surface area contributed by atoms with Gasteiger partial charge in [0.15, 0.2) is 0 Å². The summed E-state index contributed by atoms with van der Waals surface area (Å²) in [5, 5.41) is 9.27. The van der Waals surface area contributed by atoms with Crippen LogP contribution in [0.3, 0.4) is 0 Å². The van der Waals surface area contributed by atoms with Crippen molar-refractivity contribution in [3.05, 3.63) is 29.8 Å². The summed E-state index contributed by atoms with van der Waals surface area (Å²) in [4.78, 5) is 0. The van der Waals surface area contributed by atoms with Crippen LogP contribution in [0.5, 0.6) is 5.75 Å². The van der Waals surface area contributed by atoms with E-state index in [4.69, 9.17) is 4.74 Å². The number of halogens is 3. The SMILES string of the molecule is COCC(O)COc1cccc(C(F)(F)F)c1. The maximum Gasteiger partial charge on any atom is 0.416 e. The average molecular weight is 250 g/mol. The molecule has 0 aromatic heterocycles. The highest BCUT2D eigenvalue weighted by Gasteiger charge is 2.30. The third-order valence-electron chi connectivity index (χ3n) is 1.96. The third-order valence-corrected chi connectivity index (χ3v) is 1.96. The predicted molar refractivity (Wildman–Crippen MR) is 54.8 cm³/mol. The minimum absolute atomic E-state index is 0.0648. The van der Waals surface area contributed by atoms with Crippen LogP contribution in [0.4, 0.5) is 13.2 Å². The van der Waals surface area contributed by atoms with E-state index in [2.05, 4.69) is 4.74 Å². The van der Waals surface area contributed by atoms with Gasteiger partial charge in [-0.2, -0.15) is 13.2 Å². The summed E-state index contributed by atoms with van der Waals surface area (Å²) in [5.74, 6) is 0.0648. The summed E-state index contributed by atoms with van der Waals surface area (Å²) in [6.45, 7) is -0.0475. The Labute approximate surface area is 96.8 Å². The standard InChI is InChI=1S/C11H13F3O3/c1-16-6-9(15)7-17-10-4-2-3-8(5-10)11(12,13)14/h2-5,9,15H,6-7H2,1H3. The van der Waals surface area contributed by atoms with Crippen molar-refractivity contribution in [1.29, 1.82) is 0 Å². The fourth-order valence-electron chi connectivity index (χ4n) is 1.20. The molecular weight excluding hydrogens is 237 g/mol. The van der Waals surface area contributed by atoms with Gasteiger partial charge in [0.25, 0.3) is 0 Å². The van der Waals surface area contributed by atoms with E-state index >= 15 is 0 Å². The number of hydrogen-bond acceptors (Lipinski definition) is 3. The van der Waals surface area contributed by atoms with Crippen LogP contribution in [-0.2, 0) is 10.9 Å². The van der Waals surface area contributed by atoms with Gasteiger partial charge in [0.2, 0.25) is 0 Å². The number of rotatable bonds is 5. The molecule has 0 amide bonds. The van der Waals surface area contributed by atoms with Gasteiger partial charge in [-0.1, -0.05) is 6.07 Å². The Hall–Kier alpha value is -1.27. The van der Waals surface area contributed by atoms with Gasteiger partial charge in [-0.05, 0) is 18.2 Å². The maximum atomic E-state index is 12.4. The van der Waals surface area contributed by atoms with E-state index in [1.807, 2.05) is 0 Å². The number of methoxy groups -OCH3 is 1. The molecule has 0 fully saturated rings. The van der Waals surface area contributed by atoms with Crippen LogP contribution in [-0.4, -0.2) is 31.5 Å². The minimum Gasteiger partial charge on any atom is -0.491 e. The summed E-state index contributed by atoms with van der Waals surface area (Å²) in [6.07, 6.45) is -5.26. The first-order valence-electron chi connectivity index (χ1n) is 4.90.